The topological polar surface area (TPSA) is 61.5 Å². The van der Waals surface area contributed by atoms with Crippen LogP contribution in [0.2, 0.25) is 0 Å². The van der Waals surface area contributed by atoms with Crippen LogP contribution in [-0.4, -0.2) is 30.8 Å². The van der Waals surface area contributed by atoms with Crippen LogP contribution in [-0.2, 0) is 14.3 Å². The van der Waals surface area contributed by atoms with Crippen molar-refractivity contribution in [2.75, 3.05) is 13.2 Å². The highest BCUT2D eigenvalue weighted by Crippen LogP contribution is 2.37. The molecule has 4 nitrogen and oxygen atoms in total. The van der Waals surface area contributed by atoms with Gasteiger partial charge in [-0.05, 0) is 44.9 Å². The molecule has 0 aromatic carbocycles. The van der Waals surface area contributed by atoms with Crippen molar-refractivity contribution in [3.8, 4) is 0 Å². The van der Waals surface area contributed by atoms with Crippen molar-refractivity contribution in [3.05, 3.63) is 0 Å². The number of esters is 1. The molecule has 0 bridgehead atoms. The number of hydrogen-bond donors (Lipinski definition) is 1. The first-order valence-electron chi connectivity index (χ1n) is 8.24. The van der Waals surface area contributed by atoms with Crippen LogP contribution in [0, 0.1) is 5.92 Å². The lowest BCUT2D eigenvalue weighted by molar-refractivity contribution is -0.151. The molecule has 0 aromatic heterocycles. The first-order valence-corrected chi connectivity index (χ1v) is 8.24. The molecular weight excluding hydrogens is 254 g/mol. The van der Waals surface area contributed by atoms with E-state index >= 15 is 0 Å². The fourth-order valence-electron chi connectivity index (χ4n) is 3.65. The van der Waals surface area contributed by atoms with E-state index in [0.717, 1.165) is 32.3 Å². The lowest BCUT2D eigenvalue weighted by Crippen LogP contribution is -2.52. The van der Waals surface area contributed by atoms with E-state index in [4.69, 9.17) is 15.2 Å². The summed E-state index contributed by atoms with van der Waals surface area (Å²) in [7, 11) is 0. The van der Waals surface area contributed by atoms with Gasteiger partial charge in [0, 0.05) is 6.61 Å². The van der Waals surface area contributed by atoms with Gasteiger partial charge in [-0.1, -0.05) is 25.7 Å². The average molecular weight is 283 g/mol. The van der Waals surface area contributed by atoms with Crippen molar-refractivity contribution < 1.29 is 14.3 Å². The summed E-state index contributed by atoms with van der Waals surface area (Å²) in [6.07, 6.45) is 10.4. The maximum absolute atomic E-state index is 12.1. The third-order valence-electron chi connectivity index (χ3n) is 4.90. The van der Waals surface area contributed by atoms with Crippen LogP contribution in [0.3, 0.4) is 0 Å². The fourth-order valence-corrected chi connectivity index (χ4v) is 3.65. The lowest BCUT2D eigenvalue weighted by Gasteiger charge is -2.30. The van der Waals surface area contributed by atoms with Crippen molar-refractivity contribution >= 4 is 5.97 Å². The Balaban J connectivity index is 1.77. The Bertz CT molecular complexity index is 315. The zero-order valence-electron chi connectivity index (χ0n) is 12.7. The molecule has 116 valence electrons. The van der Waals surface area contributed by atoms with Crippen LogP contribution in [0.4, 0.5) is 0 Å². The van der Waals surface area contributed by atoms with Crippen LogP contribution in [0.5, 0.6) is 0 Å². The molecule has 0 aromatic rings. The smallest absolute Gasteiger partial charge is 0.326 e. The SMILES string of the molecule is CCOC(=O)C1(N)CCCC1CCOC1CCCCC1. The molecule has 0 heterocycles. The van der Waals surface area contributed by atoms with Crippen molar-refractivity contribution in [1.29, 1.82) is 0 Å². The molecule has 2 unspecified atom stereocenters. The highest BCUT2D eigenvalue weighted by molar-refractivity contribution is 5.81. The molecule has 0 spiro atoms. The number of carbonyl (C=O) groups excluding carboxylic acids is 1. The van der Waals surface area contributed by atoms with Gasteiger partial charge < -0.3 is 15.2 Å². The normalized spacial score (nSPS) is 31.4. The molecule has 2 rings (SSSR count). The zero-order valence-corrected chi connectivity index (χ0v) is 12.7. The summed E-state index contributed by atoms with van der Waals surface area (Å²) >= 11 is 0. The van der Waals surface area contributed by atoms with Crippen LogP contribution < -0.4 is 5.73 Å². The van der Waals surface area contributed by atoms with Gasteiger partial charge in [-0.25, -0.2) is 0 Å². The molecule has 0 radical (unpaired) electrons. The van der Waals surface area contributed by atoms with Crippen LogP contribution in [0.25, 0.3) is 0 Å². The third-order valence-corrected chi connectivity index (χ3v) is 4.90. The second-order valence-electron chi connectivity index (χ2n) is 6.27. The summed E-state index contributed by atoms with van der Waals surface area (Å²) in [5.41, 5.74) is 5.55. The molecule has 2 saturated carbocycles. The standard InChI is InChI=1S/C16H29NO3/c1-2-19-15(18)16(17)11-6-7-13(16)10-12-20-14-8-4-3-5-9-14/h13-14H,2-12,17H2,1H3. The zero-order chi connectivity index (χ0) is 14.4. The summed E-state index contributed by atoms with van der Waals surface area (Å²) in [6, 6.07) is 0. The summed E-state index contributed by atoms with van der Waals surface area (Å²) in [6.45, 7) is 2.97. The first-order chi connectivity index (χ1) is 9.66. The van der Waals surface area contributed by atoms with Crippen molar-refractivity contribution in [1.82, 2.24) is 0 Å². The lowest BCUT2D eigenvalue weighted by atomic mass is 9.86. The van der Waals surface area contributed by atoms with Crippen LogP contribution in [0.15, 0.2) is 0 Å². The van der Waals surface area contributed by atoms with Gasteiger partial charge in [-0.2, -0.15) is 0 Å². The molecule has 2 atom stereocenters. The maximum Gasteiger partial charge on any atom is 0.326 e. The first kappa shape index (κ1) is 15.8. The molecule has 4 heteroatoms. The van der Waals surface area contributed by atoms with Gasteiger partial charge in [0.25, 0.3) is 0 Å². The van der Waals surface area contributed by atoms with Crippen LogP contribution in [0.1, 0.15) is 64.7 Å². The molecule has 2 aliphatic carbocycles. The molecule has 20 heavy (non-hydrogen) atoms. The Morgan fingerprint density at radius 3 is 2.65 bits per heavy atom. The highest BCUT2D eigenvalue weighted by Gasteiger charge is 2.46. The van der Waals surface area contributed by atoms with Gasteiger partial charge in [-0.15, -0.1) is 0 Å². The summed E-state index contributed by atoms with van der Waals surface area (Å²) in [5, 5.41) is 0. The second kappa shape index (κ2) is 7.41. The Hall–Kier alpha value is -0.610. The predicted octanol–water partition coefficient (Wildman–Crippen LogP) is 2.79. The molecule has 0 amide bonds. The Morgan fingerprint density at radius 2 is 1.95 bits per heavy atom. The minimum absolute atomic E-state index is 0.213. The van der Waals surface area contributed by atoms with Crippen molar-refractivity contribution in [2.45, 2.75) is 76.4 Å². The van der Waals surface area contributed by atoms with E-state index in [1.165, 1.54) is 32.1 Å². The summed E-state index contributed by atoms with van der Waals surface area (Å²) in [5.74, 6) is -0.00898. The number of ether oxygens (including phenoxy) is 2. The summed E-state index contributed by atoms with van der Waals surface area (Å²) in [4.78, 5) is 12.1. The summed E-state index contributed by atoms with van der Waals surface area (Å²) < 4.78 is 11.1. The van der Waals surface area contributed by atoms with E-state index in [9.17, 15) is 4.79 Å². The van der Waals surface area contributed by atoms with E-state index in [0.29, 0.717) is 12.7 Å². The minimum atomic E-state index is -0.772. The molecule has 2 N–H and O–H groups in total. The van der Waals surface area contributed by atoms with Gasteiger partial charge in [0.05, 0.1) is 12.7 Å². The van der Waals surface area contributed by atoms with Gasteiger partial charge in [-0.3, -0.25) is 4.79 Å². The number of carbonyl (C=O) groups is 1. The molecule has 2 aliphatic rings. The minimum Gasteiger partial charge on any atom is -0.465 e. The second-order valence-corrected chi connectivity index (χ2v) is 6.27. The highest BCUT2D eigenvalue weighted by atomic mass is 16.5. The molecule has 0 aliphatic heterocycles. The Labute approximate surface area is 122 Å². The van der Waals surface area contributed by atoms with E-state index in [1.54, 1.807) is 0 Å². The monoisotopic (exact) mass is 283 g/mol. The van der Waals surface area contributed by atoms with E-state index < -0.39 is 5.54 Å². The third kappa shape index (κ3) is 3.73. The fraction of sp³-hybridized carbons (Fsp3) is 0.938. The number of hydrogen-bond acceptors (Lipinski definition) is 4. The quantitative estimate of drug-likeness (QED) is 0.761. The van der Waals surface area contributed by atoms with Gasteiger partial charge in [0.2, 0.25) is 0 Å². The van der Waals surface area contributed by atoms with Gasteiger partial charge >= 0.3 is 5.97 Å². The average Bonchev–Trinajstić information content (AvgIpc) is 2.83. The Kier molecular flexibility index (Phi) is 5.85. The van der Waals surface area contributed by atoms with Crippen molar-refractivity contribution in [3.63, 3.8) is 0 Å². The molecule has 0 saturated heterocycles. The predicted molar refractivity (Wildman–Crippen MR) is 78.3 cm³/mol. The van der Waals surface area contributed by atoms with E-state index in [-0.39, 0.29) is 11.9 Å². The van der Waals surface area contributed by atoms with Crippen molar-refractivity contribution in [2.24, 2.45) is 11.7 Å². The molecule has 2 fully saturated rings. The Morgan fingerprint density at radius 1 is 1.20 bits per heavy atom. The van der Waals surface area contributed by atoms with Gasteiger partial charge in [0.1, 0.15) is 5.54 Å². The van der Waals surface area contributed by atoms with Crippen LogP contribution >= 0.6 is 0 Å². The maximum atomic E-state index is 12.1. The number of rotatable bonds is 6. The van der Waals surface area contributed by atoms with E-state index in [1.807, 2.05) is 6.92 Å². The largest absolute Gasteiger partial charge is 0.465 e. The van der Waals surface area contributed by atoms with Gasteiger partial charge in [0.15, 0.2) is 0 Å². The van der Waals surface area contributed by atoms with E-state index in [2.05, 4.69) is 0 Å². The molecular formula is C16H29NO3. The number of nitrogens with two attached hydrogens (primary N) is 1.